The molecule has 1 N–H and O–H groups in total. The summed E-state index contributed by atoms with van der Waals surface area (Å²) in [5, 5.41) is 11.1. The van der Waals surface area contributed by atoms with Crippen molar-refractivity contribution in [3.05, 3.63) is 70.2 Å². The summed E-state index contributed by atoms with van der Waals surface area (Å²) < 4.78 is 0. The predicted octanol–water partition coefficient (Wildman–Crippen LogP) is 3.99. The Labute approximate surface area is 131 Å². The molecule has 0 fully saturated rings. The highest BCUT2D eigenvalue weighted by molar-refractivity contribution is 6.31. The highest BCUT2D eigenvalue weighted by atomic mass is 35.5. The molecule has 3 rings (SSSR count). The van der Waals surface area contributed by atoms with Crippen LogP contribution in [0.2, 0.25) is 5.02 Å². The molecule has 110 valence electrons. The molecule has 0 aromatic heterocycles. The van der Waals surface area contributed by atoms with Gasteiger partial charge in [-0.3, -0.25) is 4.90 Å². The van der Waals surface area contributed by atoms with Crippen molar-refractivity contribution < 1.29 is 5.11 Å². The van der Waals surface area contributed by atoms with E-state index in [-0.39, 0.29) is 0 Å². The summed E-state index contributed by atoms with van der Waals surface area (Å²) in [7, 11) is 2.08. The van der Waals surface area contributed by atoms with Crippen molar-refractivity contribution in [2.45, 2.75) is 25.0 Å². The molecule has 2 atom stereocenters. The van der Waals surface area contributed by atoms with Gasteiger partial charge in [-0.05, 0) is 37.1 Å². The van der Waals surface area contributed by atoms with Gasteiger partial charge in [-0.15, -0.1) is 0 Å². The Kier molecular flexibility index (Phi) is 4.29. The number of aliphatic hydroxyl groups is 1. The van der Waals surface area contributed by atoms with E-state index in [1.807, 2.05) is 24.3 Å². The van der Waals surface area contributed by atoms with Crippen LogP contribution in [0.4, 0.5) is 0 Å². The van der Waals surface area contributed by atoms with Crippen molar-refractivity contribution in [3.8, 4) is 0 Å². The fourth-order valence-corrected chi connectivity index (χ4v) is 3.50. The van der Waals surface area contributed by atoms with Crippen molar-refractivity contribution in [2.24, 2.45) is 0 Å². The minimum atomic E-state index is -0.559. The largest absolute Gasteiger partial charge is 0.387 e. The van der Waals surface area contributed by atoms with Crippen LogP contribution in [0.1, 0.15) is 35.3 Å². The highest BCUT2D eigenvalue weighted by Crippen LogP contribution is 2.36. The number of hydrogen-bond donors (Lipinski definition) is 1. The van der Waals surface area contributed by atoms with Gasteiger partial charge in [0.1, 0.15) is 0 Å². The first kappa shape index (κ1) is 14.6. The van der Waals surface area contributed by atoms with Crippen molar-refractivity contribution in [3.63, 3.8) is 0 Å². The van der Waals surface area contributed by atoms with Gasteiger partial charge in [0.25, 0.3) is 0 Å². The van der Waals surface area contributed by atoms with Gasteiger partial charge in [0.15, 0.2) is 0 Å². The van der Waals surface area contributed by atoms with E-state index in [0.717, 1.165) is 18.4 Å². The second-order valence-corrected chi connectivity index (χ2v) is 6.14. The zero-order valence-corrected chi connectivity index (χ0v) is 12.9. The molecule has 2 aromatic carbocycles. The number of likely N-dealkylation sites (N-methyl/N-ethyl adjacent to an activating group) is 1. The fourth-order valence-electron chi connectivity index (χ4n) is 3.24. The summed E-state index contributed by atoms with van der Waals surface area (Å²) in [5.74, 6) is 0. The van der Waals surface area contributed by atoms with Crippen molar-refractivity contribution >= 4 is 11.6 Å². The summed E-state index contributed by atoms with van der Waals surface area (Å²) in [6.45, 7) is 0.586. The average molecular weight is 302 g/mol. The first-order valence-corrected chi connectivity index (χ1v) is 7.75. The Balaban J connectivity index is 1.73. The van der Waals surface area contributed by atoms with E-state index in [1.165, 1.54) is 11.1 Å². The van der Waals surface area contributed by atoms with E-state index in [0.29, 0.717) is 17.6 Å². The first-order valence-electron chi connectivity index (χ1n) is 7.37. The van der Waals surface area contributed by atoms with Gasteiger partial charge in [0, 0.05) is 23.2 Å². The average Bonchev–Trinajstić information content (AvgIpc) is 2.91. The Morgan fingerprint density at radius 3 is 2.71 bits per heavy atom. The van der Waals surface area contributed by atoms with Crippen molar-refractivity contribution in [2.75, 3.05) is 13.6 Å². The smallest absolute Gasteiger partial charge is 0.0931 e. The van der Waals surface area contributed by atoms with Crippen LogP contribution >= 0.6 is 11.6 Å². The van der Waals surface area contributed by atoms with Crippen LogP contribution in [-0.2, 0) is 6.42 Å². The quantitative estimate of drug-likeness (QED) is 0.923. The summed E-state index contributed by atoms with van der Waals surface area (Å²) in [6, 6.07) is 16.5. The van der Waals surface area contributed by atoms with Gasteiger partial charge in [0.05, 0.1) is 6.10 Å². The van der Waals surface area contributed by atoms with Gasteiger partial charge in [-0.1, -0.05) is 54.1 Å². The lowest BCUT2D eigenvalue weighted by Crippen LogP contribution is -2.28. The fraction of sp³-hybridized carbons (Fsp3) is 0.333. The molecule has 0 unspecified atom stereocenters. The third-order valence-corrected chi connectivity index (χ3v) is 4.70. The van der Waals surface area contributed by atoms with Crippen LogP contribution in [0.25, 0.3) is 0 Å². The molecule has 1 aliphatic carbocycles. The number of hydrogen-bond acceptors (Lipinski definition) is 2. The zero-order chi connectivity index (χ0) is 14.8. The maximum atomic E-state index is 10.5. The summed E-state index contributed by atoms with van der Waals surface area (Å²) >= 11 is 6.16. The molecule has 0 heterocycles. The molecule has 0 bridgehead atoms. The molecular weight excluding hydrogens is 282 g/mol. The molecule has 0 spiro atoms. The predicted molar refractivity (Wildman–Crippen MR) is 86.5 cm³/mol. The molecular formula is C18H20ClNO. The van der Waals surface area contributed by atoms with Crippen LogP contribution in [0, 0.1) is 0 Å². The van der Waals surface area contributed by atoms with Crippen LogP contribution in [0.3, 0.4) is 0 Å². The van der Waals surface area contributed by atoms with E-state index in [4.69, 9.17) is 11.6 Å². The molecule has 0 saturated carbocycles. The zero-order valence-electron chi connectivity index (χ0n) is 12.2. The summed E-state index contributed by atoms with van der Waals surface area (Å²) in [5.41, 5.74) is 3.63. The number of aliphatic hydroxyl groups excluding tert-OH is 1. The van der Waals surface area contributed by atoms with Crippen molar-refractivity contribution in [1.82, 2.24) is 4.90 Å². The molecule has 21 heavy (non-hydrogen) atoms. The van der Waals surface area contributed by atoms with Gasteiger partial charge in [-0.25, -0.2) is 0 Å². The van der Waals surface area contributed by atoms with E-state index >= 15 is 0 Å². The molecule has 0 saturated heterocycles. The van der Waals surface area contributed by atoms with Gasteiger partial charge in [-0.2, -0.15) is 0 Å². The molecule has 3 heteroatoms. The Hall–Kier alpha value is -1.35. The minimum Gasteiger partial charge on any atom is -0.387 e. The monoisotopic (exact) mass is 301 g/mol. The lowest BCUT2D eigenvalue weighted by atomic mass is 10.1. The van der Waals surface area contributed by atoms with Crippen LogP contribution in [0.15, 0.2) is 48.5 Å². The summed E-state index contributed by atoms with van der Waals surface area (Å²) in [6.07, 6.45) is 1.68. The molecule has 0 radical (unpaired) electrons. The number of aryl methyl sites for hydroxylation is 1. The Morgan fingerprint density at radius 1 is 1.19 bits per heavy atom. The van der Waals surface area contributed by atoms with E-state index in [9.17, 15) is 5.11 Å². The number of halogens is 1. The maximum Gasteiger partial charge on any atom is 0.0931 e. The number of rotatable bonds is 4. The molecule has 2 nitrogen and oxygen atoms in total. The van der Waals surface area contributed by atoms with Gasteiger partial charge in [0.2, 0.25) is 0 Å². The summed E-state index contributed by atoms with van der Waals surface area (Å²) in [4.78, 5) is 2.24. The lowest BCUT2D eigenvalue weighted by molar-refractivity contribution is 0.104. The van der Waals surface area contributed by atoms with E-state index < -0.39 is 6.10 Å². The standard InChI is InChI=1S/C18H20ClNO/c1-20(12-18(21)15-8-4-5-9-16(15)19)17-11-10-13-6-2-3-7-14(13)17/h2-9,17-18,21H,10-12H2,1H3/t17-,18-/m1/s1. The number of fused-ring (bicyclic) bond motifs is 1. The lowest BCUT2D eigenvalue weighted by Gasteiger charge is -2.28. The van der Waals surface area contributed by atoms with Gasteiger partial charge < -0.3 is 5.11 Å². The molecule has 1 aliphatic rings. The number of benzene rings is 2. The SMILES string of the molecule is CN(C[C@@H](O)c1ccccc1Cl)[C@@H]1CCc2ccccc21. The molecule has 0 amide bonds. The molecule has 0 aliphatic heterocycles. The van der Waals surface area contributed by atoms with Crippen LogP contribution in [0.5, 0.6) is 0 Å². The highest BCUT2D eigenvalue weighted by Gasteiger charge is 2.27. The third kappa shape index (κ3) is 2.98. The van der Waals surface area contributed by atoms with Crippen LogP contribution < -0.4 is 0 Å². The number of nitrogens with zero attached hydrogens (tertiary/aromatic N) is 1. The molecule has 2 aromatic rings. The Morgan fingerprint density at radius 2 is 1.90 bits per heavy atom. The van der Waals surface area contributed by atoms with E-state index in [1.54, 1.807) is 0 Å². The third-order valence-electron chi connectivity index (χ3n) is 4.36. The first-order chi connectivity index (χ1) is 10.2. The minimum absolute atomic E-state index is 0.387. The second-order valence-electron chi connectivity index (χ2n) is 5.73. The normalized spacial score (nSPS) is 18.8. The maximum absolute atomic E-state index is 10.5. The second kappa shape index (κ2) is 6.18. The van der Waals surface area contributed by atoms with Gasteiger partial charge >= 0.3 is 0 Å². The Bertz CT molecular complexity index is 628. The van der Waals surface area contributed by atoms with E-state index in [2.05, 4.69) is 36.2 Å². The van der Waals surface area contributed by atoms with Crippen LogP contribution in [-0.4, -0.2) is 23.6 Å². The van der Waals surface area contributed by atoms with Crippen molar-refractivity contribution in [1.29, 1.82) is 0 Å². The topological polar surface area (TPSA) is 23.5 Å².